The lowest BCUT2D eigenvalue weighted by molar-refractivity contribution is 0.492. The summed E-state index contributed by atoms with van der Waals surface area (Å²) in [7, 11) is 2.05. The van der Waals surface area contributed by atoms with Gasteiger partial charge < -0.3 is 10.2 Å². The van der Waals surface area contributed by atoms with Gasteiger partial charge in [-0.15, -0.1) is 0 Å². The summed E-state index contributed by atoms with van der Waals surface area (Å²) in [6.45, 7) is 3.10. The van der Waals surface area contributed by atoms with E-state index in [0.29, 0.717) is 0 Å². The molecule has 1 aromatic rings. The van der Waals surface area contributed by atoms with E-state index in [4.69, 9.17) is 0 Å². The first-order valence-corrected chi connectivity index (χ1v) is 6.93. The third kappa shape index (κ3) is 3.98. The molecule has 1 aromatic carbocycles. The molecule has 1 N–H and O–H groups in total. The predicted molar refractivity (Wildman–Crippen MR) is 74.5 cm³/mol. The number of hydrogen-bond acceptors (Lipinski definition) is 2. The van der Waals surface area contributed by atoms with Crippen LogP contribution in [0.5, 0.6) is 0 Å². The van der Waals surface area contributed by atoms with E-state index < -0.39 is 0 Å². The molecular formula is C15H23FN2. The SMILES string of the molecule is CN(CCNCC1CCCC1)c1ccc(F)cc1. The van der Waals surface area contributed by atoms with Gasteiger partial charge in [-0.05, 0) is 49.6 Å². The average Bonchev–Trinajstić information content (AvgIpc) is 2.88. The Labute approximate surface area is 109 Å². The van der Waals surface area contributed by atoms with Crippen LogP contribution in [0, 0.1) is 11.7 Å². The summed E-state index contributed by atoms with van der Waals surface area (Å²) < 4.78 is 12.8. The molecule has 0 saturated heterocycles. The van der Waals surface area contributed by atoms with Gasteiger partial charge in [-0.2, -0.15) is 0 Å². The zero-order valence-electron chi connectivity index (χ0n) is 11.2. The van der Waals surface area contributed by atoms with E-state index in [1.165, 1.54) is 37.8 Å². The van der Waals surface area contributed by atoms with Crippen molar-refractivity contribution in [3.05, 3.63) is 30.1 Å². The minimum Gasteiger partial charge on any atom is -0.373 e. The van der Waals surface area contributed by atoms with Crippen molar-refractivity contribution in [1.82, 2.24) is 5.32 Å². The number of hydrogen-bond donors (Lipinski definition) is 1. The Balaban J connectivity index is 1.64. The molecule has 18 heavy (non-hydrogen) atoms. The van der Waals surface area contributed by atoms with Crippen LogP contribution in [0.3, 0.4) is 0 Å². The molecule has 0 amide bonds. The fourth-order valence-corrected chi connectivity index (χ4v) is 2.59. The topological polar surface area (TPSA) is 15.3 Å². The smallest absolute Gasteiger partial charge is 0.123 e. The first kappa shape index (κ1) is 13.3. The third-order valence-electron chi connectivity index (χ3n) is 3.80. The van der Waals surface area contributed by atoms with Crippen LogP contribution >= 0.6 is 0 Å². The third-order valence-corrected chi connectivity index (χ3v) is 3.80. The number of nitrogens with zero attached hydrogens (tertiary/aromatic N) is 1. The maximum Gasteiger partial charge on any atom is 0.123 e. The Morgan fingerprint density at radius 3 is 2.56 bits per heavy atom. The van der Waals surface area contributed by atoms with Crippen LogP contribution in [0.2, 0.25) is 0 Å². The van der Waals surface area contributed by atoms with Gasteiger partial charge in [-0.3, -0.25) is 0 Å². The van der Waals surface area contributed by atoms with E-state index in [2.05, 4.69) is 10.2 Å². The van der Waals surface area contributed by atoms with Crippen molar-refractivity contribution in [2.24, 2.45) is 5.92 Å². The van der Waals surface area contributed by atoms with Crippen LogP contribution in [0.15, 0.2) is 24.3 Å². The van der Waals surface area contributed by atoms with Crippen LogP contribution in [0.25, 0.3) is 0 Å². The summed E-state index contributed by atoms with van der Waals surface area (Å²) in [5.74, 6) is 0.715. The van der Waals surface area contributed by atoms with Crippen molar-refractivity contribution in [3.63, 3.8) is 0 Å². The van der Waals surface area contributed by atoms with E-state index in [9.17, 15) is 4.39 Å². The first-order chi connectivity index (χ1) is 8.75. The van der Waals surface area contributed by atoms with Gasteiger partial charge in [0.1, 0.15) is 5.82 Å². The minimum atomic E-state index is -0.175. The van der Waals surface area contributed by atoms with Crippen molar-refractivity contribution < 1.29 is 4.39 Å². The number of anilines is 1. The number of benzene rings is 1. The quantitative estimate of drug-likeness (QED) is 0.781. The van der Waals surface area contributed by atoms with Gasteiger partial charge in [-0.25, -0.2) is 4.39 Å². The van der Waals surface area contributed by atoms with E-state index in [0.717, 1.165) is 31.2 Å². The summed E-state index contributed by atoms with van der Waals surface area (Å²) in [6, 6.07) is 6.67. The Bertz CT molecular complexity index is 344. The lowest BCUT2D eigenvalue weighted by Gasteiger charge is -2.20. The molecule has 100 valence electrons. The van der Waals surface area contributed by atoms with Crippen LogP contribution in [-0.2, 0) is 0 Å². The van der Waals surface area contributed by atoms with E-state index in [1.807, 2.05) is 19.2 Å². The highest BCUT2D eigenvalue weighted by Crippen LogP contribution is 2.23. The second-order valence-electron chi connectivity index (χ2n) is 5.25. The predicted octanol–water partition coefficient (Wildman–Crippen LogP) is 3.04. The average molecular weight is 250 g/mol. The molecule has 3 heteroatoms. The summed E-state index contributed by atoms with van der Waals surface area (Å²) in [4.78, 5) is 2.15. The highest BCUT2D eigenvalue weighted by molar-refractivity contribution is 5.45. The first-order valence-electron chi connectivity index (χ1n) is 6.93. The fourth-order valence-electron chi connectivity index (χ4n) is 2.59. The minimum absolute atomic E-state index is 0.175. The summed E-state index contributed by atoms with van der Waals surface area (Å²) in [6.07, 6.45) is 5.59. The van der Waals surface area contributed by atoms with Gasteiger partial charge in [0.05, 0.1) is 0 Å². The highest BCUT2D eigenvalue weighted by atomic mass is 19.1. The monoisotopic (exact) mass is 250 g/mol. The molecular weight excluding hydrogens is 227 g/mol. The summed E-state index contributed by atoms with van der Waals surface area (Å²) in [5.41, 5.74) is 1.07. The zero-order valence-corrected chi connectivity index (χ0v) is 11.2. The maximum atomic E-state index is 12.8. The van der Waals surface area contributed by atoms with E-state index in [-0.39, 0.29) is 5.82 Å². The summed E-state index contributed by atoms with van der Waals surface area (Å²) >= 11 is 0. The largest absolute Gasteiger partial charge is 0.373 e. The Kier molecular flexibility index (Phi) is 5.00. The fraction of sp³-hybridized carbons (Fsp3) is 0.600. The highest BCUT2D eigenvalue weighted by Gasteiger charge is 2.13. The zero-order chi connectivity index (χ0) is 12.8. The lowest BCUT2D eigenvalue weighted by atomic mass is 10.1. The number of likely N-dealkylation sites (N-methyl/N-ethyl adjacent to an activating group) is 1. The van der Waals surface area contributed by atoms with Gasteiger partial charge in [0.2, 0.25) is 0 Å². The molecule has 0 aliphatic heterocycles. The van der Waals surface area contributed by atoms with Crippen LogP contribution in [0.1, 0.15) is 25.7 Å². The van der Waals surface area contributed by atoms with Crippen molar-refractivity contribution in [3.8, 4) is 0 Å². The Morgan fingerprint density at radius 1 is 1.22 bits per heavy atom. The summed E-state index contributed by atoms with van der Waals surface area (Å²) in [5, 5.41) is 3.52. The van der Waals surface area contributed by atoms with Crippen LogP contribution in [-0.4, -0.2) is 26.7 Å². The number of halogens is 1. The maximum absolute atomic E-state index is 12.8. The molecule has 1 fully saturated rings. The van der Waals surface area contributed by atoms with Crippen molar-refractivity contribution in [1.29, 1.82) is 0 Å². The Hall–Kier alpha value is -1.09. The number of rotatable bonds is 6. The molecule has 0 heterocycles. The Morgan fingerprint density at radius 2 is 1.89 bits per heavy atom. The van der Waals surface area contributed by atoms with E-state index >= 15 is 0 Å². The van der Waals surface area contributed by atoms with Gasteiger partial charge in [0.15, 0.2) is 0 Å². The van der Waals surface area contributed by atoms with Crippen molar-refractivity contribution >= 4 is 5.69 Å². The molecule has 1 saturated carbocycles. The molecule has 1 aliphatic rings. The molecule has 0 radical (unpaired) electrons. The van der Waals surface area contributed by atoms with Gasteiger partial charge >= 0.3 is 0 Å². The normalized spacial score (nSPS) is 16.1. The van der Waals surface area contributed by atoms with E-state index in [1.54, 1.807) is 0 Å². The molecule has 2 rings (SSSR count). The second kappa shape index (κ2) is 6.74. The molecule has 2 nitrogen and oxygen atoms in total. The van der Waals surface area contributed by atoms with Crippen LogP contribution in [0.4, 0.5) is 10.1 Å². The molecule has 0 spiro atoms. The standard InChI is InChI=1S/C15H23FN2/c1-18(15-8-6-14(16)7-9-15)11-10-17-12-13-4-2-3-5-13/h6-9,13,17H,2-5,10-12H2,1H3. The molecule has 0 atom stereocenters. The molecule has 0 aromatic heterocycles. The lowest BCUT2D eigenvalue weighted by Crippen LogP contribution is -2.31. The van der Waals surface area contributed by atoms with Crippen molar-refractivity contribution in [2.45, 2.75) is 25.7 Å². The second-order valence-corrected chi connectivity index (χ2v) is 5.25. The van der Waals surface area contributed by atoms with Crippen LogP contribution < -0.4 is 10.2 Å². The van der Waals surface area contributed by atoms with Gasteiger partial charge in [0, 0.05) is 25.8 Å². The van der Waals surface area contributed by atoms with Crippen molar-refractivity contribution in [2.75, 3.05) is 31.6 Å². The molecule has 0 bridgehead atoms. The molecule has 0 unspecified atom stereocenters. The number of nitrogens with one attached hydrogen (secondary N) is 1. The van der Waals surface area contributed by atoms with Gasteiger partial charge in [0.25, 0.3) is 0 Å². The van der Waals surface area contributed by atoms with Gasteiger partial charge in [-0.1, -0.05) is 12.8 Å². The molecule has 1 aliphatic carbocycles.